The van der Waals surface area contributed by atoms with Crippen LogP contribution in [0.4, 0.5) is 0 Å². The van der Waals surface area contributed by atoms with E-state index in [1.54, 1.807) is 24.3 Å². The van der Waals surface area contributed by atoms with Crippen LogP contribution < -0.4 is 0 Å². The molecule has 0 saturated carbocycles. The van der Waals surface area contributed by atoms with Gasteiger partial charge in [-0.1, -0.05) is 48.5 Å². The van der Waals surface area contributed by atoms with Crippen molar-refractivity contribution in [1.82, 2.24) is 0 Å². The standard InChI is InChI=1S/C14H8O2.Na.H/c15-13-11-7-3-1-5-9(11)10-6-2-4-8-12(10)14(13)16;;/h1-8H;;. The van der Waals surface area contributed by atoms with Gasteiger partial charge in [0.25, 0.3) is 0 Å². The summed E-state index contributed by atoms with van der Waals surface area (Å²) in [4.78, 5) is 23.7. The number of hydrogen-bond donors (Lipinski definition) is 0. The van der Waals surface area contributed by atoms with E-state index in [-0.39, 0.29) is 29.6 Å². The normalized spacial score (nSPS) is 12.5. The molecule has 2 aromatic rings. The van der Waals surface area contributed by atoms with Gasteiger partial charge in [-0.3, -0.25) is 9.59 Å². The molecule has 78 valence electrons. The SMILES string of the molecule is O=C1C(=O)c2ccccc2-c2ccccc21.[NaH]. The first kappa shape index (κ1) is 12.2. The van der Waals surface area contributed by atoms with Gasteiger partial charge in [-0.15, -0.1) is 0 Å². The summed E-state index contributed by atoms with van der Waals surface area (Å²) in [5, 5.41) is 0. The minimum absolute atomic E-state index is 0. The van der Waals surface area contributed by atoms with E-state index in [9.17, 15) is 9.59 Å². The molecule has 1 aliphatic rings. The van der Waals surface area contributed by atoms with Crippen LogP contribution in [0.3, 0.4) is 0 Å². The topological polar surface area (TPSA) is 34.1 Å². The average molecular weight is 232 g/mol. The molecule has 2 aromatic carbocycles. The van der Waals surface area contributed by atoms with Gasteiger partial charge in [0, 0.05) is 11.1 Å². The fraction of sp³-hybridized carbons (Fsp3) is 0. The third-order valence-electron chi connectivity index (χ3n) is 2.84. The fourth-order valence-corrected chi connectivity index (χ4v) is 2.08. The van der Waals surface area contributed by atoms with Crippen molar-refractivity contribution in [3.05, 3.63) is 59.7 Å². The van der Waals surface area contributed by atoms with Crippen LogP contribution in [-0.2, 0) is 0 Å². The molecular formula is C14H9NaO2. The summed E-state index contributed by atoms with van der Waals surface area (Å²) in [5.41, 5.74) is 2.71. The Balaban J connectivity index is 0.00000108. The zero-order chi connectivity index (χ0) is 11.1. The van der Waals surface area contributed by atoms with Crippen molar-refractivity contribution in [2.75, 3.05) is 0 Å². The van der Waals surface area contributed by atoms with Gasteiger partial charge in [0.15, 0.2) is 0 Å². The predicted molar refractivity (Wildman–Crippen MR) is 67.7 cm³/mol. The molecule has 0 heterocycles. The van der Waals surface area contributed by atoms with E-state index in [0.717, 1.165) is 11.1 Å². The van der Waals surface area contributed by atoms with E-state index in [1.807, 2.05) is 24.3 Å². The van der Waals surface area contributed by atoms with Crippen LogP contribution in [0, 0.1) is 0 Å². The molecule has 0 amide bonds. The second-order valence-electron chi connectivity index (χ2n) is 3.75. The Morgan fingerprint density at radius 1 is 0.529 bits per heavy atom. The van der Waals surface area contributed by atoms with Crippen LogP contribution >= 0.6 is 0 Å². The molecule has 0 radical (unpaired) electrons. The number of rotatable bonds is 0. The Hall–Kier alpha value is -1.22. The number of carbonyl (C=O) groups is 2. The first-order valence-corrected chi connectivity index (χ1v) is 5.06. The van der Waals surface area contributed by atoms with Crippen molar-refractivity contribution >= 4 is 41.1 Å². The van der Waals surface area contributed by atoms with Gasteiger partial charge in [0.1, 0.15) is 0 Å². The number of Topliss-reactive ketones (excluding diaryl/α,β-unsaturated/α-hetero) is 2. The van der Waals surface area contributed by atoms with Crippen LogP contribution in [0.5, 0.6) is 0 Å². The van der Waals surface area contributed by atoms with Gasteiger partial charge in [-0.05, 0) is 11.1 Å². The molecule has 0 aromatic heterocycles. The van der Waals surface area contributed by atoms with Crippen molar-refractivity contribution in [3.8, 4) is 11.1 Å². The van der Waals surface area contributed by atoms with Crippen molar-refractivity contribution < 1.29 is 9.59 Å². The Labute approximate surface area is 121 Å². The van der Waals surface area contributed by atoms with Crippen molar-refractivity contribution in [3.63, 3.8) is 0 Å². The average Bonchev–Trinajstić information content (AvgIpc) is 2.36. The molecule has 2 nitrogen and oxygen atoms in total. The molecule has 1 aliphatic carbocycles. The maximum absolute atomic E-state index is 11.8. The van der Waals surface area contributed by atoms with Crippen molar-refractivity contribution in [2.45, 2.75) is 0 Å². The maximum atomic E-state index is 11.8. The van der Waals surface area contributed by atoms with Crippen LogP contribution in [0.25, 0.3) is 11.1 Å². The van der Waals surface area contributed by atoms with E-state index in [0.29, 0.717) is 11.1 Å². The van der Waals surface area contributed by atoms with Gasteiger partial charge in [-0.25, -0.2) is 0 Å². The van der Waals surface area contributed by atoms with E-state index in [4.69, 9.17) is 0 Å². The predicted octanol–water partition coefficient (Wildman–Crippen LogP) is 2.08. The molecule has 0 bridgehead atoms. The summed E-state index contributed by atoms with van der Waals surface area (Å²) in [6.45, 7) is 0. The van der Waals surface area contributed by atoms with Crippen molar-refractivity contribution in [2.24, 2.45) is 0 Å². The summed E-state index contributed by atoms with van der Waals surface area (Å²) in [6, 6.07) is 14.4. The third kappa shape index (κ3) is 1.78. The molecule has 17 heavy (non-hydrogen) atoms. The molecule has 0 atom stereocenters. The summed E-state index contributed by atoms with van der Waals surface area (Å²) < 4.78 is 0. The molecule has 0 unspecified atom stereocenters. The zero-order valence-corrected chi connectivity index (χ0v) is 8.44. The van der Waals surface area contributed by atoms with Gasteiger partial charge >= 0.3 is 29.6 Å². The van der Waals surface area contributed by atoms with Gasteiger partial charge in [0.05, 0.1) is 0 Å². The second-order valence-corrected chi connectivity index (χ2v) is 3.75. The Bertz CT molecular complexity index is 562. The Kier molecular flexibility index (Phi) is 3.29. The van der Waals surface area contributed by atoms with Gasteiger partial charge < -0.3 is 0 Å². The monoisotopic (exact) mass is 232 g/mol. The molecule has 0 saturated heterocycles. The van der Waals surface area contributed by atoms with E-state index in [2.05, 4.69) is 0 Å². The number of benzene rings is 2. The van der Waals surface area contributed by atoms with Crippen LogP contribution in [0.15, 0.2) is 48.5 Å². The molecule has 0 aliphatic heterocycles. The molecule has 3 heteroatoms. The van der Waals surface area contributed by atoms with E-state index < -0.39 is 11.6 Å². The number of fused-ring (bicyclic) bond motifs is 3. The number of carbonyl (C=O) groups excluding carboxylic acids is 2. The van der Waals surface area contributed by atoms with Gasteiger partial charge in [-0.2, -0.15) is 0 Å². The molecule has 0 fully saturated rings. The molecule has 3 rings (SSSR count). The Morgan fingerprint density at radius 2 is 0.824 bits per heavy atom. The second kappa shape index (κ2) is 4.57. The summed E-state index contributed by atoms with van der Waals surface area (Å²) in [7, 11) is 0. The summed E-state index contributed by atoms with van der Waals surface area (Å²) in [5.74, 6) is -0.816. The summed E-state index contributed by atoms with van der Waals surface area (Å²) >= 11 is 0. The number of hydrogen-bond acceptors (Lipinski definition) is 2. The fourth-order valence-electron chi connectivity index (χ4n) is 2.08. The molecule has 0 N–H and O–H groups in total. The Morgan fingerprint density at radius 3 is 1.18 bits per heavy atom. The first-order valence-electron chi connectivity index (χ1n) is 5.06. The van der Waals surface area contributed by atoms with E-state index in [1.165, 1.54) is 0 Å². The van der Waals surface area contributed by atoms with Crippen molar-refractivity contribution in [1.29, 1.82) is 0 Å². The van der Waals surface area contributed by atoms with Crippen LogP contribution in [0.1, 0.15) is 20.7 Å². The quantitative estimate of drug-likeness (QED) is 0.515. The first-order chi connectivity index (χ1) is 7.79. The van der Waals surface area contributed by atoms with Crippen LogP contribution in [-0.4, -0.2) is 41.1 Å². The number of ketones is 2. The van der Waals surface area contributed by atoms with Gasteiger partial charge in [0.2, 0.25) is 11.6 Å². The van der Waals surface area contributed by atoms with E-state index >= 15 is 0 Å². The summed E-state index contributed by atoms with van der Waals surface area (Å²) in [6.07, 6.45) is 0. The third-order valence-corrected chi connectivity index (χ3v) is 2.84. The minimum atomic E-state index is -0.408. The molecular weight excluding hydrogens is 223 g/mol. The zero-order valence-electron chi connectivity index (χ0n) is 8.44. The van der Waals surface area contributed by atoms with Crippen LogP contribution in [0.2, 0.25) is 0 Å². The molecule has 0 spiro atoms.